The zero-order chi connectivity index (χ0) is 38.9. The summed E-state index contributed by atoms with van der Waals surface area (Å²) in [5.74, 6) is -1.39. The Morgan fingerprint density at radius 3 is 1.68 bits per heavy atom. The van der Waals surface area contributed by atoms with E-state index in [1.165, 1.54) is 25.7 Å². The molecule has 0 aromatic heterocycles. The van der Waals surface area contributed by atoms with Gasteiger partial charge in [0.1, 0.15) is 12.1 Å². The predicted molar refractivity (Wildman–Crippen MR) is 225 cm³/mol. The summed E-state index contributed by atoms with van der Waals surface area (Å²) in [5, 5.41) is 11.9. The number of hydrogen-bond acceptors (Lipinski definition) is 5. The molecule has 0 aromatic rings. The molecule has 0 radical (unpaired) electrons. The lowest BCUT2D eigenvalue weighted by atomic mass is 10.1. The van der Waals surface area contributed by atoms with E-state index in [1.54, 1.807) is 0 Å². The van der Waals surface area contributed by atoms with Gasteiger partial charge >= 0.3 is 11.9 Å². The molecule has 0 fully saturated rings. The van der Waals surface area contributed by atoms with Crippen LogP contribution in [0.1, 0.15) is 168 Å². The molecule has 0 aliphatic carbocycles. The van der Waals surface area contributed by atoms with Crippen molar-refractivity contribution in [2.75, 3.05) is 6.54 Å². The summed E-state index contributed by atoms with van der Waals surface area (Å²) in [4.78, 5) is 36.2. The molecule has 0 saturated carbocycles. The number of hydrogen-bond donors (Lipinski definition) is 3. The van der Waals surface area contributed by atoms with Crippen molar-refractivity contribution in [2.45, 2.75) is 180 Å². The highest BCUT2D eigenvalue weighted by atomic mass is 16.5. The van der Waals surface area contributed by atoms with E-state index in [9.17, 15) is 19.5 Å². The zero-order valence-electron chi connectivity index (χ0n) is 33.6. The van der Waals surface area contributed by atoms with E-state index in [4.69, 9.17) is 10.5 Å². The van der Waals surface area contributed by atoms with Gasteiger partial charge in [-0.2, -0.15) is 0 Å². The number of aliphatic carboxylic acids is 1. The Balaban J connectivity index is 4.26. The van der Waals surface area contributed by atoms with E-state index in [1.807, 2.05) is 6.08 Å². The van der Waals surface area contributed by atoms with E-state index < -0.39 is 12.0 Å². The molecule has 7 nitrogen and oxygen atoms in total. The first-order valence-corrected chi connectivity index (χ1v) is 20.9. The van der Waals surface area contributed by atoms with Crippen molar-refractivity contribution in [1.82, 2.24) is 5.32 Å². The molecule has 53 heavy (non-hydrogen) atoms. The number of esters is 1. The van der Waals surface area contributed by atoms with Gasteiger partial charge in [0.15, 0.2) is 0 Å². The second-order valence-corrected chi connectivity index (χ2v) is 13.7. The smallest absolute Gasteiger partial charge is 0.326 e. The number of allylic oxidation sites excluding steroid dienone is 13. The Kier molecular flexibility index (Phi) is 37.2. The summed E-state index contributed by atoms with van der Waals surface area (Å²) in [6.45, 7) is 4.74. The van der Waals surface area contributed by atoms with Gasteiger partial charge in [0.05, 0.1) is 0 Å². The molecule has 2 atom stereocenters. The van der Waals surface area contributed by atoms with E-state index in [-0.39, 0.29) is 18.0 Å². The quantitative estimate of drug-likeness (QED) is 0.0335. The van der Waals surface area contributed by atoms with Crippen molar-refractivity contribution in [3.8, 4) is 0 Å². The normalized spacial score (nSPS) is 13.6. The maximum absolute atomic E-state index is 12.7. The van der Waals surface area contributed by atoms with Crippen LogP contribution in [0.2, 0.25) is 0 Å². The Labute approximate surface area is 324 Å². The third kappa shape index (κ3) is 36.7. The maximum atomic E-state index is 12.7. The van der Waals surface area contributed by atoms with Gasteiger partial charge in [0.25, 0.3) is 0 Å². The zero-order valence-corrected chi connectivity index (χ0v) is 33.6. The molecule has 1 amide bonds. The summed E-state index contributed by atoms with van der Waals surface area (Å²) in [6.07, 6.45) is 52.2. The van der Waals surface area contributed by atoms with Crippen molar-refractivity contribution in [3.63, 3.8) is 0 Å². The molecule has 0 aliphatic heterocycles. The van der Waals surface area contributed by atoms with Crippen LogP contribution in [0, 0.1) is 0 Å². The van der Waals surface area contributed by atoms with Crippen LogP contribution in [-0.4, -0.2) is 41.6 Å². The number of carboxylic acids is 1. The first-order valence-electron chi connectivity index (χ1n) is 20.9. The van der Waals surface area contributed by atoms with Gasteiger partial charge < -0.3 is 20.9 Å². The standard InChI is InChI=1S/C46H76N2O5/c1-3-5-7-9-11-12-13-14-15-16-17-18-19-20-21-22-23-24-26-28-34-40-45(50)53-42(36-31-27-25-10-8-6-4-2)37-32-29-30-33-39-44(49)48-43(46(51)52)38-35-41-47/h5,7,10-12,14-15,17-18,20-21,25,31,36,42-43H,3-4,6,8-9,13,16,19,22-24,26-30,32-35,37-41,47H2,1-2H3,(H,48,49)(H,51,52)/b7-5-,12-11-,15-14-,18-17-,21-20-,25-10-,36-31-. The molecule has 0 saturated heterocycles. The van der Waals surface area contributed by atoms with Gasteiger partial charge in [-0.25, -0.2) is 4.79 Å². The molecular formula is C46H76N2O5. The average molecular weight is 737 g/mol. The molecule has 2 unspecified atom stereocenters. The lowest BCUT2D eigenvalue weighted by Crippen LogP contribution is -2.40. The highest BCUT2D eigenvalue weighted by Crippen LogP contribution is 2.14. The van der Waals surface area contributed by atoms with E-state index >= 15 is 0 Å². The topological polar surface area (TPSA) is 119 Å². The monoisotopic (exact) mass is 737 g/mol. The highest BCUT2D eigenvalue weighted by molar-refractivity contribution is 5.83. The van der Waals surface area contributed by atoms with Crippen LogP contribution in [0.3, 0.4) is 0 Å². The third-order valence-electron chi connectivity index (χ3n) is 8.68. The number of carbonyl (C=O) groups excluding carboxylic acids is 2. The number of unbranched alkanes of at least 4 members (excludes halogenated alkanes) is 10. The maximum Gasteiger partial charge on any atom is 0.326 e. The molecule has 0 aromatic carbocycles. The van der Waals surface area contributed by atoms with E-state index in [2.05, 4.69) is 98.2 Å². The van der Waals surface area contributed by atoms with Crippen molar-refractivity contribution in [3.05, 3.63) is 85.1 Å². The lowest BCUT2D eigenvalue weighted by molar-refractivity contribution is -0.147. The number of amides is 1. The molecule has 0 heterocycles. The summed E-state index contributed by atoms with van der Waals surface area (Å²) in [6, 6.07) is -0.880. The lowest BCUT2D eigenvalue weighted by Gasteiger charge is -2.15. The largest absolute Gasteiger partial charge is 0.480 e. The van der Waals surface area contributed by atoms with Crippen LogP contribution < -0.4 is 11.1 Å². The molecule has 0 spiro atoms. The molecule has 0 rings (SSSR count). The Bertz CT molecular complexity index is 1100. The fourth-order valence-electron chi connectivity index (χ4n) is 5.53. The third-order valence-corrected chi connectivity index (χ3v) is 8.68. The van der Waals surface area contributed by atoms with E-state index in [0.717, 1.165) is 96.3 Å². The Hall–Kier alpha value is -3.45. The van der Waals surface area contributed by atoms with E-state index in [0.29, 0.717) is 38.6 Å². The van der Waals surface area contributed by atoms with Crippen LogP contribution >= 0.6 is 0 Å². The van der Waals surface area contributed by atoms with Crippen LogP contribution in [0.15, 0.2) is 85.1 Å². The molecule has 300 valence electrons. The van der Waals surface area contributed by atoms with Gasteiger partial charge in [0.2, 0.25) is 5.91 Å². The number of nitrogens with two attached hydrogens (primary N) is 1. The fourth-order valence-corrected chi connectivity index (χ4v) is 5.53. The summed E-state index contributed by atoms with van der Waals surface area (Å²) in [5.41, 5.74) is 5.47. The molecule has 4 N–H and O–H groups in total. The Morgan fingerprint density at radius 1 is 0.585 bits per heavy atom. The average Bonchev–Trinajstić information content (AvgIpc) is 3.14. The molecule has 0 aliphatic rings. The minimum absolute atomic E-state index is 0.129. The molecular weight excluding hydrogens is 661 g/mol. The number of rotatable bonds is 36. The minimum atomic E-state index is -1.02. The van der Waals surface area contributed by atoms with Crippen LogP contribution in [-0.2, 0) is 19.1 Å². The van der Waals surface area contributed by atoms with Crippen molar-refractivity contribution in [1.29, 1.82) is 0 Å². The predicted octanol–water partition coefficient (Wildman–Crippen LogP) is 11.7. The Morgan fingerprint density at radius 2 is 1.09 bits per heavy atom. The van der Waals surface area contributed by atoms with Gasteiger partial charge in [0, 0.05) is 12.8 Å². The van der Waals surface area contributed by atoms with Gasteiger partial charge in [-0.1, -0.05) is 138 Å². The first-order chi connectivity index (χ1) is 25.9. The number of carboxylic acid groups (broad SMARTS) is 1. The SMILES string of the molecule is CC/C=C\C/C=C\C/C=C\C/C=C\C/C=C\CCCCCCCC(=O)OC(/C=C\C/C=C\CCCC)CCCCCCC(=O)NC(CCCN)C(=O)O. The molecule has 0 bridgehead atoms. The van der Waals surface area contributed by atoms with Crippen molar-refractivity contribution in [2.24, 2.45) is 5.73 Å². The number of carbonyl (C=O) groups is 3. The van der Waals surface area contributed by atoms with Gasteiger partial charge in [-0.05, 0) is 109 Å². The summed E-state index contributed by atoms with van der Waals surface area (Å²) >= 11 is 0. The second kappa shape index (κ2) is 39.8. The molecule has 7 heteroatoms. The first kappa shape index (κ1) is 49.6. The van der Waals surface area contributed by atoms with Crippen LogP contribution in [0.25, 0.3) is 0 Å². The number of nitrogens with one attached hydrogen (secondary N) is 1. The highest BCUT2D eigenvalue weighted by Gasteiger charge is 2.19. The second-order valence-electron chi connectivity index (χ2n) is 13.7. The summed E-state index contributed by atoms with van der Waals surface area (Å²) in [7, 11) is 0. The van der Waals surface area contributed by atoms with Gasteiger partial charge in [-0.15, -0.1) is 0 Å². The van der Waals surface area contributed by atoms with Crippen molar-refractivity contribution >= 4 is 17.8 Å². The summed E-state index contributed by atoms with van der Waals surface area (Å²) < 4.78 is 5.88. The van der Waals surface area contributed by atoms with Gasteiger partial charge in [-0.3, -0.25) is 9.59 Å². The minimum Gasteiger partial charge on any atom is -0.480 e. The van der Waals surface area contributed by atoms with Crippen LogP contribution in [0.5, 0.6) is 0 Å². The fraction of sp³-hybridized carbons (Fsp3) is 0.630. The number of ether oxygens (including phenoxy) is 1. The van der Waals surface area contributed by atoms with Crippen molar-refractivity contribution < 1.29 is 24.2 Å². The van der Waals surface area contributed by atoms with Crippen LogP contribution in [0.4, 0.5) is 0 Å².